The fraction of sp³-hybridized carbons (Fsp3) is 0.654. The summed E-state index contributed by atoms with van der Waals surface area (Å²) in [5.74, 6) is 1.18. The molecular formula is C26H39IN2O3Si. The van der Waals surface area contributed by atoms with E-state index in [1.54, 1.807) is 7.11 Å². The molecule has 2 fully saturated rings. The first-order valence-corrected chi connectivity index (χ1v) is 16.1. The third kappa shape index (κ3) is 3.32. The molecule has 3 aliphatic rings. The quantitative estimate of drug-likeness (QED) is 0.283. The maximum Gasteiger partial charge on any atom is 0.192 e. The van der Waals surface area contributed by atoms with Crippen molar-refractivity contribution in [2.45, 2.75) is 82.3 Å². The van der Waals surface area contributed by atoms with Gasteiger partial charge in [0.15, 0.2) is 19.8 Å². The predicted molar refractivity (Wildman–Crippen MR) is 146 cm³/mol. The number of methoxy groups -OCH3 is 1. The molecule has 0 unspecified atom stereocenters. The molecule has 2 heterocycles. The largest absolute Gasteiger partial charge is 0.495 e. The molecule has 1 aliphatic carbocycles. The Bertz CT molecular complexity index is 941. The summed E-state index contributed by atoms with van der Waals surface area (Å²) in [4.78, 5) is 18.9. The lowest BCUT2D eigenvalue weighted by molar-refractivity contribution is -0.140. The van der Waals surface area contributed by atoms with Crippen molar-refractivity contribution in [2.75, 3.05) is 32.1 Å². The van der Waals surface area contributed by atoms with E-state index in [0.29, 0.717) is 12.2 Å². The highest BCUT2D eigenvalue weighted by Crippen LogP contribution is 2.65. The zero-order chi connectivity index (χ0) is 24.0. The Balaban J connectivity index is 1.96. The van der Waals surface area contributed by atoms with Crippen molar-refractivity contribution in [2.24, 2.45) is 0 Å². The van der Waals surface area contributed by atoms with Gasteiger partial charge in [-0.25, -0.2) is 0 Å². The van der Waals surface area contributed by atoms with Gasteiger partial charge in [-0.2, -0.15) is 0 Å². The number of carbonyl (C=O) groups is 1. The number of carbonyl (C=O) groups excluding carboxylic acids is 1. The van der Waals surface area contributed by atoms with Gasteiger partial charge in [-0.05, 0) is 72.1 Å². The van der Waals surface area contributed by atoms with Crippen molar-refractivity contribution < 1.29 is 14.0 Å². The molecule has 1 aromatic rings. The summed E-state index contributed by atoms with van der Waals surface area (Å²) in [6, 6.07) is 9.72. The molecule has 0 radical (unpaired) electrons. The molecule has 4 rings (SSSR count). The van der Waals surface area contributed by atoms with Crippen LogP contribution in [0, 0.1) is 0 Å². The molecule has 5 nitrogen and oxygen atoms in total. The number of halogens is 1. The minimum Gasteiger partial charge on any atom is -0.495 e. The molecule has 0 spiro atoms. The maximum absolute atomic E-state index is 14.2. The molecule has 7 heteroatoms. The summed E-state index contributed by atoms with van der Waals surface area (Å²) < 4.78 is 14.4. The lowest BCUT2D eigenvalue weighted by Crippen LogP contribution is -2.73. The Morgan fingerprint density at radius 3 is 2.58 bits per heavy atom. The average Bonchev–Trinajstić information content (AvgIpc) is 3.31. The molecule has 0 aromatic heterocycles. The van der Waals surface area contributed by atoms with Crippen molar-refractivity contribution >= 4 is 42.4 Å². The fourth-order valence-electron chi connectivity index (χ4n) is 7.10. The standard InChI is InChI=1S/C26H39IN2O3Si/c1-7-19(27)18-29-17-16-25-20-12-11-13-21(31-6)24(20)28(5)26(25,29)22(30)14-15-23(25)32-33(8-2,9-3)10-4/h7,11-13,23H,8-10,14-18H2,1-6H3/b19-7+/t23-,25-,26-/m1/s1. The van der Waals surface area contributed by atoms with E-state index in [2.05, 4.69) is 85.3 Å². The number of anilines is 1. The highest BCUT2D eigenvalue weighted by Gasteiger charge is 2.75. The number of likely N-dealkylation sites (tertiary alicyclic amines) is 1. The van der Waals surface area contributed by atoms with Crippen LogP contribution in [0.4, 0.5) is 5.69 Å². The molecule has 0 bridgehead atoms. The van der Waals surface area contributed by atoms with E-state index in [4.69, 9.17) is 9.16 Å². The molecule has 0 amide bonds. The van der Waals surface area contributed by atoms with Crippen LogP contribution in [-0.2, 0) is 14.6 Å². The number of benzene rings is 1. The molecule has 1 saturated heterocycles. The number of para-hydroxylation sites is 1. The third-order valence-corrected chi connectivity index (χ3v) is 14.5. The minimum atomic E-state index is -1.87. The van der Waals surface area contributed by atoms with Crippen LogP contribution in [0.2, 0.25) is 18.1 Å². The van der Waals surface area contributed by atoms with Gasteiger partial charge in [-0.1, -0.05) is 39.0 Å². The van der Waals surface area contributed by atoms with Crippen molar-refractivity contribution in [1.29, 1.82) is 0 Å². The second kappa shape index (κ2) is 9.28. The molecule has 2 aliphatic heterocycles. The number of likely N-dealkylation sites (N-methyl/N-ethyl adjacent to an activating group) is 1. The molecule has 0 N–H and O–H groups in total. The number of ketones is 1. The van der Waals surface area contributed by atoms with Gasteiger partial charge in [0.2, 0.25) is 0 Å². The summed E-state index contributed by atoms with van der Waals surface area (Å²) in [5.41, 5.74) is 1.22. The number of fused-ring (bicyclic) bond motifs is 1. The lowest BCUT2D eigenvalue weighted by Gasteiger charge is -2.55. The van der Waals surface area contributed by atoms with E-state index in [1.807, 2.05) is 6.07 Å². The van der Waals surface area contributed by atoms with Gasteiger partial charge in [0.1, 0.15) is 5.75 Å². The number of hydrogen-bond acceptors (Lipinski definition) is 5. The first-order valence-electron chi connectivity index (χ1n) is 12.5. The Morgan fingerprint density at radius 1 is 1.27 bits per heavy atom. The molecule has 182 valence electrons. The molecular weight excluding hydrogens is 543 g/mol. The third-order valence-electron chi connectivity index (χ3n) is 8.93. The minimum absolute atomic E-state index is 0.0470. The van der Waals surface area contributed by atoms with Gasteiger partial charge >= 0.3 is 0 Å². The second-order valence-corrected chi connectivity index (χ2v) is 15.9. The maximum atomic E-state index is 14.2. The smallest absolute Gasteiger partial charge is 0.192 e. The van der Waals surface area contributed by atoms with E-state index < -0.39 is 14.0 Å². The van der Waals surface area contributed by atoms with Gasteiger partial charge in [-0.3, -0.25) is 9.69 Å². The van der Waals surface area contributed by atoms with Crippen LogP contribution in [-0.4, -0.2) is 58.0 Å². The van der Waals surface area contributed by atoms with E-state index in [1.165, 1.54) is 9.14 Å². The van der Waals surface area contributed by atoms with E-state index in [-0.39, 0.29) is 11.5 Å². The molecule has 1 saturated carbocycles. The van der Waals surface area contributed by atoms with E-state index >= 15 is 0 Å². The SMILES string of the molecule is C/C=C(/I)CN1CC[C@]23c4cccc(OC)c4N(C)[C@]12C(=O)CC[C@H]3O[Si](CC)(CC)CC. The van der Waals surface area contributed by atoms with Gasteiger partial charge in [0.25, 0.3) is 0 Å². The summed E-state index contributed by atoms with van der Waals surface area (Å²) in [6.45, 7) is 10.7. The number of ether oxygens (including phenoxy) is 1. The highest BCUT2D eigenvalue weighted by atomic mass is 127. The van der Waals surface area contributed by atoms with Crippen molar-refractivity contribution in [3.05, 3.63) is 33.4 Å². The number of allylic oxidation sites excluding steroid dienone is 1. The highest BCUT2D eigenvalue weighted by molar-refractivity contribution is 14.1. The zero-order valence-corrected chi connectivity index (χ0v) is 24.2. The first kappa shape index (κ1) is 25.2. The second-order valence-electron chi connectivity index (χ2n) is 9.78. The van der Waals surface area contributed by atoms with Crippen LogP contribution >= 0.6 is 22.6 Å². The lowest BCUT2D eigenvalue weighted by atomic mass is 9.61. The number of rotatable bonds is 8. The summed E-state index contributed by atoms with van der Waals surface area (Å²) in [5, 5.41) is 0. The summed E-state index contributed by atoms with van der Waals surface area (Å²) in [6.07, 6.45) is 4.52. The Kier molecular flexibility index (Phi) is 7.09. The monoisotopic (exact) mass is 582 g/mol. The Hall–Kier alpha value is -0.903. The van der Waals surface area contributed by atoms with Gasteiger partial charge in [-0.15, -0.1) is 0 Å². The van der Waals surface area contributed by atoms with Crippen molar-refractivity contribution in [1.82, 2.24) is 4.90 Å². The van der Waals surface area contributed by atoms with Gasteiger partial charge < -0.3 is 14.1 Å². The first-order chi connectivity index (χ1) is 15.8. The molecule has 1 aromatic carbocycles. The predicted octanol–water partition coefficient (Wildman–Crippen LogP) is 5.88. The summed E-state index contributed by atoms with van der Waals surface area (Å²) in [7, 11) is 1.96. The van der Waals surface area contributed by atoms with Crippen LogP contribution < -0.4 is 9.64 Å². The van der Waals surface area contributed by atoms with E-state index in [0.717, 1.165) is 55.5 Å². The fourth-order valence-corrected chi connectivity index (χ4v) is 10.4. The van der Waals surface area contributed by atoms with Gasteiger partial charge in [0.05, 0.1) is 24.3 Å². The summed E-state index contributed by atoms with van der Waals surface area (Å²) >= 11 is 2.42. The van der Waals surface area contributed by atoms with Crippen LogP contribution in [0.15, 0.2) is 27.9 Å². The number of Topliss-reactive ketones (excluding diaryl/α,β-unsaturated/α-hetero) is 1. The number of nitrogens with zero attached hydrogens (tertiary/aromatic N) is 2. The van der Waals surface area contributed by atoms with Crippen molar-refractivity contribution in [3.8, 4) is 5.75 Å². The van der Waals surface area contributed by atoms with Gasteiger partial charge in [0, 0.05) is 30.1 Å². The van der Waals surface area contributed by atoms with E-state index in [9.17, 15) is 4.79 Å². The topological polar surface area (TPSA) is 42.0 Å². The number of hydrogen-bond donors (Lipinski definition) is 0. The Labute approximate surface area is 214 Å². The van der Waals surface area contributed by atoms with Crippen LogP contribution in [0.3, 0.4) is 0 Å². The van der Waals surface area contributed by atoms with Crippen molar-refractivity contribution in [3.63, 3.8) is 0 Å². The molecule has 33 heavy (non-hydrogen) atoms. The van der Waals surface area contributed by atoms with Crippen LogP contribution in [0.1, 0.15) is 52.5 Å². The van der Waals surface area contributed by atoms with Crippen LogP contribution in [0.5, 0.6) is 5.75 Å². The van der Waals surface area contributed by atoms with Crippen LogP contribution in [0.25, 0.3) is 0 Å². The molecule has 3 atom stereocenters. The zero-order valence-electron chi connectivity index (χ0n) is 21.0. The average molecular weight is 583 g/mol. The Morgan fingerprint density at radius 2 is 1.97 bits per heavy atom. The normalized spacial score (nSPS) is 29.8.